The quantitative estimate of drug-likeness (QED) is 0.573. The van der Waals surface area contributed by atoms with Crippen molar-refractivity contribution in [3.8, 4) is 23.3 Å². The highest BCUT2D eigenvalue weighted by atomic mass is 19.1. The maximum Gasteiger partial charge on any atom is 0.323 e. The maximum atomic E-state index is 14.0. The SMILES string of the molecule is COc1ccc2c(c1)C(=O)N(C[C@@]1(C#Cc3ccc(OC)c(F)c3)NC(=O)NC1=O)C2. The van der Waals surface area contributed by atoms with E-state index in [9.17, 15) is 18.8 Å². The smallest absolute Gasteiger partial charge is 0.323 e. The number of hydrogen-bond acceptors (Lipinski definition) is 5. The van der Waals surface area contributed by atoms with Crippen molar-refractivity contribution in [2.24, 2.45) is 0 Å². The van der Waals surface area contributed by atoms with Gasteiger partial charge in [0.1, 0.15) is 5.75 Å². The zero-order valence-electron chi connectivity index (χ0n) is 16.7. The van der Waals surface area contributed by atoms with Gasteiger partial charge in [-0.3, -0.25) is 14.9 Å². The average molecular weight is 423 g/mol. The van der Waals surface area contributed by atoms with E-state index in [4.69, 9.17) is 9.47 Å². The lowest BCUT2D eigenvalue weighted by Gasteiger charge is -2.26. The summed E-state index contributed by atoms with van der Waals surface area (Å²) in [6.45, 7) is 0.0773. The molecule has 1 atom stereocenters. The van der Waals surface area contributed by atoms with Crippen molar-refractivity contribution in [1.29, 1.82) is 0 Å². The molecule has 2 aromatic carbocycles. The number of carbonyl (C=O) groups excluding carboxylic acids is 3. The molecule has 4 rings (SSSR count). The van der Waals surface area contributed by atoms with E-state index < -0.39 is 23.3 Å². The van der Waals surface area contributed by atoms with Gasteiger partial charge in [0, 0.05) is 17.7 Å². The number of urea groups is 1. The summed E-state index contributed by atoms with van der Waals surface area (Å²) in [6, 6.07) is 8.53. The molecule has 0 bridgehead atoms. The van der Waals surface area contributed by atoms with Gasteiger partial charge in [-0.15, -0.1) is 0 Å². The van der Waals surface area contributed by atoms with Gasteiger partial charge in [-0.25, -0.2) is 9.18 Å². The lowest BCUT2D eigenvalue weighted by molar-refractivity contribution is -0.122. The molecule has 2 aliphatic rings. The first kappa shape index (κ1) is 20.2. The minimum atomic E-state index is -1.67. The van der Waals surface area contributed by atoms with Crippen molar-refractivity contribution in [3.05, 3.63) is 58.9 Å². The van der Waals surface area contributed by atoms with Gasteiger partial charge >= 0.3 is 6.03 Å². The molecule has 0 saturated carbocycles. The Morgan fingerprint density at radius 2 is 1.94 bits per heavy atom. The van der Waals surface area contributed by atoms with E-state index in [0.717, 1.165) is 11.6 Å². The number of benzene rings is 2. The topological polar surface area (TPSA) is 97.0 Å². The highest BCUT2D eigenvalue weighted by Gasteiger charge is 2.48. The molecule has 8 nitrogen and oxygen atoms in total. The number of hydrogen-bond donors (Lipinski definition) is 2. The number of fused-ring (bicyclic) bond motifs is 1. The zero-order valence-corrected chi connectivity index (χ0v) is 16.7. The van der Waals surface area contributed by atoms with Crippen molar-refractivity contribution in [2.75, 3.05) is 20.8 Å². The summed E-state index contributed by atoms with van der Waals surface area (Å²) in [5, 5.41) is 4.67. The van der Waals surface area contributed by atoms with Crippen LogP contribution >= 0.6 is 0 Å². The third kappa shape index (κ3) is 3.64. The van der Waals surface area contributed by atoms with E-state index in [1.54, 1.807) is 18.2 Å². The summed E-state index contributed by atoms with van der Waals surface area (Å²) in [5.41, 5.74) is -0.150. The molecule has 0 aromatic heterocycles. The molecular formula is C22H18FN3O5. The number of amides is 4. The highest BCUT2D eigenvalue weighted by Crippen LogP contribution is 2.28. The molecule has 1 saturated heterocycles. The number of ether oxygens (including phenoxy) is 2. The lowest BCUT2D eigenvalue weighted by Crippen LogP contribution is -2.54. The second kappa shape index (κ2) is 7.65. The molecule has 0 unspecified atom stereocenters. The molecule has 31 heavy (non-hydrogen) atoms. The molecule has 0 aliphatic carbocycles. The van der Waals surface area contributed by atoms with E-state index >= 15 is 0 Å². The van der Waals surface area contributed by atoms with Crippen LogP contribution in [0.4, 0.5) is 9.18 Å². The zero-order chi connectivity index (χ0) is 22.2. The van der Waals surface area contributed by atoms with Crippen molar-refractivity contribution < 1.29 is 28.2 Å². The van der Waals surface area contributed by atoms with E-state index in [1.807, 2.05) is 0 Å². The minimum Gasteiger partial charge on any atom is -0.497 e. The highest BCUT2D eigenvalue weighted by molar-refractivity contribution is 6.10. The molecule has 2 heterocycles. The Morgan fingerprint density at radius 3 is 2.58 bits per heavy atom. The molecule has 2 aromatic rings. The standard InChI is InChI=1S/C22H18FN3O5/c1-30-15-5-4-14-11-26(19(27)16(14)10-15)12-22(20(28)24-21(29)25-22)8-7-13-3-6-18(31-2)17(23)9-13/h3-6,9-10H,11-12H2,1-2H3,(H2,24,25,28,29)/t22-/m1/s1. The number of halogens is 1. The normalized spacial score (nSPS) is 19.3. The fraction of sp³-hybridized carbons (Fsp3) is 0.227. The Balaban J connectivity index is 1.64. The lowest BCUT2D eigenvalue weighted by atomic mass is 9.99. The van der Waals surface area contributed by atoms with Gasteiger partial charge in [-0.2, -0.15) is 0 Å². The van der Waals surface area contributed by atoms with Crippen molar-refractivity contribution in [2.45, 2.75) is 12.1 Å². The van der Waals surface area contributed by atoms with Crippen molar-refractivity contribution >= 4 is 17.8 Å². The second-order valence-electron chi connectivity index (χ2n) is 7.10. The first-order chi connectivity index (χ1) is 14.8. The molecule has 2 N–H and O–H groups in total. The van der Waals surface area contributed by atoms with Crippen LogP contribution in [0.5, 0.6) is 11.5 Å². The van der Waals surface area contributed by atoms with Crippen LogP contribution in [0.1, 0.15) is 21.5 Å². The number of nitrogens with zero attached hydrogens (tertiary/aromatic N) is 1. The second-order valence-corrected chi connectivity index (χ2v) is 7.10. The number of carbonyl (C=O) groups is 3. The Kier molecular flexibility index (Phi) is 4.99. The molecule has 9 heteroatoms. The first-order valence-electron chi connectivity index (χ1n) is 9.32. The number of imide groups is 1. The fourth-order valence-electron chi connectivity index (χ4n) is 3.53. The number of methoxy groups -OCH3 is 2. The Hall–Kier alpha value is -4.06. The van der Waals surface area contributed by atoms with Gasteiger partial charge in [0.15, 0.2) is 11.6 Å². The van der Waals surface area contributed by atoms with Crippen molar-refractivity contribution in [3.63, 3.8) is 0 Å². The van der Waals surface area contributed by atoms with Crippen LogP contribution in [0.15, 0.2) is 36.4 Å². The van der Waals surface area contributed by atoms with Gasteiger partial charge in [0.05, 0.1) is 20.8 Å². The summed E-state index contributed by atoms with van der Waals surface area (Å²) in [7, 11) is 2.85. The fourth-order valence-corrected chi connectivity index (χ4v) is 3.53. The average Bonchev–Trinajstić information content (AvgIpc) is 3.21. The molecular weight excluding hydrogens is 405 g/mol. The Labute approximate surface area is 177 Å². The molecule has 158 valence electrons. The predicted molar refractivity (Wildman–Crippen MR) is 107 cm³/mol. The number of nitrogens with one attached hydrogen (secondary N) is 2. The van der Waals surface area contributed by atoms with Gasteiger partial charge < -0.3 is 19.7 Å². The van der Waals surface area contributed by atoms with Crippen LogP contribution in [-0.2, 0) is 11.3 Å². The molecule has 0 spiro atoms. The van der Waals surface area contributed by atoms with Gasteiger partial charge in [0.25, 0.3) is 11.8 Å². The van der Waals surface area contributed by atoms with Crippen LogP contribution < -0.4 is 20.1 Å². The third-order valence-electron chi connectivity index (χ3n) is 5.14. The van der Waals surface area contributed by atoms with E-state index in [1.165, 1.54) is 31.3 Å². The molecule has 0 radical (unpaired) electrons. The Morgan fingerprint density at radius 1 is 1.13 bits per heavy atom. The van der Waals surface area contributed by atoms with Crippen LogP contribution in [0.25, 0.3) is 0 Å². The maximum absolute atomic E-state index is 14.0. The van der Waals surface area contributed by atoms with Crippen LogP contribution in [0.2, 0.25) is 0 Å². The Bertz CT molecular complexity index is 1170. The van der Waals surface area contributed by atoms with Gasteiger partial charge in [-0.05, 0) is 35.9 Å². The largest absolute Gasteiger partial charge is 0.497 e. The van der Waals surface area contributed by atoms with E-state index in [0.29, 0.717) is 11.3 Å². The van der Waals surface area contributed by atoms with Crippen molar-refractivity contribution in [1.82, 2.24) is 15.5 Å². The minimum absolute atomic E-state index is 0.0584. The summed E-state index contributed by atoms with van der Waals surface area (Å²) < 4.78 is 24.0. The van der Waals surface area contributed by atoms with E-state index in [-0.39, 0.29) is 30.3 Å². The van der Waals surface area contributed by atoms with Crippen LogP contribution in [-0.4, -0.2) is 49.0 Å². The van der Waals surface area contributed by atoms with Gasteiger partial charge in [0.2, 0.25) is 5.54 Å². The van der Waals surface area contributed by atoms with Crippen LogP contribution in [0, 0.1) is 17.7 Å². The summed E-state index contributed by atoms with van der Waals surface area (Å²) in [6.07, 6.45) is 0. The monoisotopic (exact) mass is 423 g/mol. The van der Waals surface area contributed by atoms with Gasteiger partial charge in [-0.1, -0.05) is 17.9 Å². The molecule has 2 aliphatic heterocycles. The number of rotatable bonds is 4. The van der Waals surface area contributed by atoms with Crippen LogP contribution in [0.3, 0.4) is 0 Å². The third-order valence-corrected chi connectivity index (χ3v) is 5.14. The first-order valence-corrected chi connectivity index (χ1v) is 9.32. The summed E-state index contributed by atoms with van der Waals surface area (Å²) in [4.78, 5) is 38.8. The summed E-state index contributed by atoms with van der Waals surface area (Å²) >= 11 is 0. The predicted octanol–water partition coefficient (Wildman–Crippen LogP) is 1.43. The molecule has 1 fully saturated rings. The summed E-state index contributed by atoms with van der Waals surface area (Å²) in [5.74, 6) is 4.45. The molecule has 4 amide bonds. The van der Waals surface area contributed by atoms with E-state index in [2.05, 4.69) is 22.5 Å².